The molecule has 3 heterocycles. The van der Waals surface area contributed by atoms with Gasteiger partial charge in [-0.2, -0.15) is 0 Å². The Labute approximate surface area is 132 Å². The fourth-order valence-electron chi connectivity index (χ4n) is 2.52. The van der Waals surface area contributed by atoms with Crippen molar-refractivity contribution in [2.45, 2.75) is 6.42 Å². The summed E-state index contributed by atoms with van der Waals surface area (Å²) in [5, 5.41) is 0.730. The van der Waals surface area contributed by atoms with Crippen LogP contribution in [0.2, 0.25) is 5.02 Å². The van der Waals surface area contributed by atoms with Gasteiger partial charge in [0.2, 0.25) is 5.88 Å². The topological polar surface area (TPSA) is 43.9 Å². The first-order valence-electron chi connectivity index (χ1n) is 6.92. The van der Waals surface area contributed by atoms with Crippen molar-refractivity contribution in [1.29, 1.82) is 0 Å². The summed E-state index contributed by atoms with van der Waals surface area (Å²) in [7, 11) is 0. The Morgan fingerprint density at radius 3 is 2.77 bits per heavy atom. The van der Waals surface area contributed by atoms with Gasteiger partial charge in [0.1, 0.15) is 11.3 Å². The normalized spacial score (nSPS) is 11.1. The van der Waals surface area contributed by atoms with Gasteiger partial charge in [0.25, 0.3) is 0 Å². The van der Waals surface area contributed by atoms with E-state index in [2.05, 4.69) is 9.97 Å². The molecule has 0 fully saturated rings. The number of fused-ring (bicyclic) bond motifs is 1. The largest absolute Gasteiger partial charge is 0.448 e. The molecule has 4 aromatic rings. The molecule has 0 aliphatic rings. The minimum absolute atomic E-state index is 0.608. The van der Waals surface area contributed by atoms with Crippen LogP contribution in [0.15, 0.2) is 65.4 Å². The molecule has 1 aromatic carbocycles. The average Bonchev–Trinajstić information content (AvgIpc) is 3.16. The van der Waals surface area contributed by atoms with Crippen molar-refractivity contribution < 1.29 is 4.42 Å². The van der Waals surface area contributed by atoms with Crippen molar-refractivity contribution in [1.82, 2.24) is 14.5 Å². The molecule has 0 unspecified atom stereocenters. The van der Waals surface area contributed by atoms with Gasteiger partial charge in [-0.1, -0.05) is 29.8 Å². The first-order chi connectivity index (χ1) is 10.8. The zero-order valence-electron chi connectivity index (χ0n) is 11.6. The fourth-order valence-corrected chi connectivity index (χ4v) is 2.72. The van der Waals surface area contributed by atoms with Crippen LogP contribution >= 0.6 is 11.6 Å². The van der Waals surface area contributed by atoms with Crippen LogP contribution in [0, 0.1) is 0 Å². The maximum absolute atomic E-state index is 6.27. The highest BCUT2D eigenvalue weighted by atomic mass is 35.5. The van der Waals surface area contributed by atoms with Gasteiger partial charge in [-0.05, 0) is 29.8 Å². The molecule has 0 radical (unpaired) electrons. The standard InChI is InChI=1S/C17H12ClN3O/c18-13-6-2-1-5-12(13)11-15-20-14-7-3-9-19-17(14)21(15)16-8-4-10-22-16/h1-10H,11H2. The summed E-state index contributed by atoms with van der Waals surface area (Å²) < 4.78 is 7.47. The molecule has 0 saturated heterocycles. The Morgan fingerprint density at radius 2 is 1.95 bits per heavy atom. The summed E-state index contributed by atoms with van der Waals surface area (Å²) in [6, 6.07) is 15.3. The number of rotatable bonds is 3. The van der Waals surface area contributed by atoms with Gasteiger partial charge < -0.3 is 4.42 Å². The zero-order valence-corrected chi connectivity index (χ0v) is 12.4. The van der Waals surface area contributed by atoms with Crippen LogP contribution in [0.25, 0.3) is 17.0 Å². The Balaban J connectivity index is 1.90. The van der Waals surface area contributed by atoms with E-state index in [1.807, 2.05) is 53.1 Å². The summed E-state index contributed by atoms with van der Waals surface area (Å²) in [6.07, 6.45) is 4.00. The highest BCUT2D eigenvalue weighted by Crippen LogP contribution is 2.24. The quantitative estimate of drug-likeness (QED) is 0.568. The van der Waals surface area contributed by atoms with E-state index in [9.17, 15) is 0 Å². The minimum atomic E-state index is 0.608. The van der Waals surface area contributed by atoms with Gasteiger partial charge >= 0.3 is 0 Å². The van der Waals surface area contributed by atoms with Gasteiger partial charge in [-0.25, -0.2) is 14.5 Å². The third-order valence-corrected chi connectivity index (χ3v) is 3.89. The molecule has 0 bridgehead atoms. The number of halogens is 1. The molecule has 0 aliphatic heterocycles. The lowest BCUT2D eigenvalue weighted by Crippen LogP contribution is -2.02. The molecule has 0 N–H and O–H groups in total. The summed E-state index contributed by atoms with van der Waals surface area (Å²) >= 11 is 6.27. The van der Waals surface area contributed by atoms with Crippen molar-refractivity contribution in [3.05, 3.63) is 77.4 Å². The lowest BCUT2D eigenvalue weighted by atomic mass is 10.1. The Hall–Kier alpha value is -2.59. The molecule has 3 aromatic heterocycles. The van der Waals surface area contributed by atoms with Crippen molar-refractivity contribution in [3.8, 4) is 5.88 Å². The molecule has 0 saturated carbocycles. The van der Waals surface area contributed by atoms with Crippen LogP contribution in [0.4, 0.5) is 0 Å². The highest BCUT2D eigenvalue weighted by molar-refractivity contribution is 6.31. The Bertz CT molecular complexity index is 928. The molecule has 108 valence electrons. The molecule has 0 spiro atoms. The van der Waals surface area contributed by atoms with Gasteiger partial charge in [-0.3, -0.25) is 0 Å². The minimum Gasteiger partial charge on any atom is -0.448 e. The van der Waals surface area contributed by atoms with E-state index in [0.717, 1.165) is 27.6 Å². The molecule has 22 heavy (non-hydrogen) atoms. The Kier molecular flexibility index (Phi) is 3.16. The fraction of sp³-hybridized carbons (Fsp3) is 0.0588. The molecule has 4 nitrogen and oxygen atoms in total. The first kappa shape index (κ1) is 13.1. The SMILES string of the molecule is Clc1ccccc1Cc1nc2cccnc2n1-c1ccco1. The van der Waals surface area contributed by atoms with Crippen LogP contribution < -0.4 is 0 Å². The summed E-state index contributed by atoms with van der Waals surface area (Å²) in [5.41, 5.74) is 2.63. The van der Waals surface area contributed by atoms with Crippen molar-refractivity contribution >= 4 is 22.8 Å². The van der Waals surface area contributed by atoms with E-state index in [4.69, 9.17) is 16.0 Å². The second-order valence-corrected chi connectivity index (χ2v) is 5.34. The summed E-state index contributed by atoms with van der Waals surface area (Å²) in [6.45, 7) is 0. The zero-order chi connectivity index (χ0) is 14.9. The smallest absolute Gasteiger partial charge is 0.206 e. The average molecular weight is 310 g/mol. The lowest BCUT2D eigenvalue weighted by molar-refractivity contribution is 0.536. The lowest BCUT2D eigenvalue weighted by Gasteiger charge is -2.06. The number of nitrogens with zero attached hydrogens (tertiary/aromatic N) is 3. The Morgan fingerprint density at radius 1 is 1.05 bits per heavy atom. The molecule has 4 rings (SSSR count). The van der Waals surface area contributed by atoms with Crippen LogP contribution in [0.5, 0.6) is 0 Å². The molecule has 0 aliphatic carbocycles. The summed E-state index contributed by atoms with van der Waals surface area (Å²) in [5.74, 6) is 1.54. The van der Waals surface area contributed by atoms with E-state index in [1.165, 1.54) is 0 Å². The van der Waals surface area contributed by atoms with Gasteiger partial charge in [0, 0.05) is 23.7 Å². The van der Waals surface area contributed by atoms with Gasteiger partial charge in [0.15, 0.2) is 5.65 Å². The van der Waals surface area contributed by atoms with Crippen molar-refractivity contribution in [3.63, 3.8) is 0 Å². The van der Waals surface area contributed by atoms with E-state index >= 15 is 0 Å². The maximum Gasteiger partial charge on any atom is 0.206 e. The van der Waals surface area contributed by atoms with Gasteiger partial charge in [-0.15, -0.1) is 0 Å². The highest BCUT2D eigenvalue weighted by Gasteiger charge is 2.16. The number of hydrogen-bond acceptors (Lipinski definition) is 3. The number of benzene rings is 1. The van der Waals surface area contributed by atoms with Crippen LogP contribution in [-0.2, 0) is 6.42 Å². The number of furan rings is 1. The molecule has 0 amide bonds. The summed E-state index contributed by atoms with van der Waals surface area (Å²) in [4.78, 5) is 9.12. The van der Waals surface area contributed by atoms with Crippen LogP contribution in [-0.4, -0.2) is 14.5 Å². The predicted molar refractivity (Wildman–Crippen MR) is 85.4 cm³/mol. The van der Waals surface area contributed by atoms with Crippen LogP contribution in [0.3, 0.4) is 0 Å². The third-order valence-electron chi connectivity index (χ3n) is 3.52. The number of pyridine rings is 1. The maximum atomic E-state index is 6.27. The van der Waals surface area contributed by atoms with Crippen molar-refractivity contribution in [2.75, 3.05) is 0 Å². The van der Waals surface area contributed by atoms with E-state index in [0.29, 0.717) is 12.3 Å². The molecule has 0 atom stereocenters. The van der Waals surface area contributed by atoms with Gasteiger partial charge in [0.05, 0.1) is 6.26 Å². The number of imidazole rings is 1. The first-order valence-corrected chi connectivity index (χ1v) is 7.30. The number of hydrogen-bond donors (Lipinski definition) is 0. The predicted octanol–water partition coefficient (Wildman–Crippen LogP) is 4.26. The van der Waals surface area contributed by atoms with E-state index < -0.39 is 0 Å². The second-order valence-electron chi connectivity index (χ2n) is 4.93. The molecular formula is C17H12ClN3O. The second kappa shape index (κ2) is 5.31. The van der Waals surface area contributed by atoms with E-state index in [-0.39, 0.29) is 0 Å². The molecule has 5 heteroatoms. The molecular weight excluding hydrogens is 298 g/mol. The third kappa shape index (κ3) is 2.18. The van der Waals surface area contributed by atoms with E-state index in [1.54, 1.807) is 12.5 Å². The monoisotopic (exact) mass is 309 g/mol. The number of aromatic nitrogens is 3. The van der Waals surface area contributed by atoms with Crippen LogP contribution in [0.1, 0.15) is 11.4 Å². The van der Waals surface area contributed by atoms with Crippen molar-refractivity contribution in [2.24, 2.45) is 0 Å².